The molecule has 1 aromatic carbocycles. The van der Waals surface area contributed by atoms with E-state index in [1.807, 2.05) is 24.3 Å². The number of methoxy groups -OCH3 is 1. The molecule has 0 saturated carbocycles. The van der Waals surface area contributed by atoms with Gasteiger partial charge in [0, 0.05) is 24.0 Å². The van der Waals surface area contributed by atoms with Crippen molar-refractivity contribution in [3.63, 3.8) is 0 Å². The van der Waals surface area contributed by atoms with E-state index >= 15 is 0 Å². The van der Waals surface area contributed by atoms with Crippen LogP contribution in [0.25, 0.3) is 10.6 Å². The van der Waals surface area contributed by atoms with Crippen LogP contribution in [0.5, 0.6) is 5.75 Å². The third-order valence-electron chi connectivity index (χ3n) is 4.13. The second-order valence-corrected chi connectivity index (χ2v) is 6.64. The van der Waals surface area contributed by atoms with Gasteiger partial charge in [-0.3, -0.25) is 9.69 Å². The minimum Gasteiger partial charge on any atom is -0.497 e. The number of carbonyl (C=O) groups is 1. The van der Waals surface area contributed by atoms with Gasteiger partial charge in [0.1, 0.15) is 10.8 Å². The first-order chi connectivity index (χ1) is 11.2. The molecule has 1 N–H and O–H groups in total. The van der Waals surface area contributed by atoms with Crippen LogP contribution in [0.4, 0.5) is 0 Å². The second kappa shape index (κ2) is 7.10. The van der Waals surface area contributed by atoms with Crippen LogP contribution in [0.3, 0.4) is 0 Å². The fraction of sp³-hybridized carbons (Fsp3) is 0.412. The number of nitrogens with zero attached hydrogens (tertiary/aromatic N) is 2. The van der Waals surface area contributed by atoms with E-state index in [1.54, 1.807) is 18.4 Å². The van der Waals surface area contributed by atoms with Crippen molar-refractivity contribution in [3.8, 4) is 16.3 Å². The highest BCUT2D eigenvalue weighted by molar-refractivity contribution is 7.13. The fourth-order valence-electron chi connectivity index (χ4n) is 2.88. The molecule has 0 radical (unpaired) electrons. The molecule has 0 spiro atoms. The molecule has 1 atom stereocenters. The van der Waals surface area contributed by atoms with Gasteiger partial charge in [-0.1, -0.05) is 0 Å². The van der Waals surface area contributed by atoms with Crippen molar-refractivity contribution in [2.24, 2.45) is 5.92 Å². The van der Waals surface area contributed by atoms with Crippen LogP contribution in [0, 0.1) is 5.92 Å². The summed E-state index contributed by atoms with van der Waals surface area (Å²) in [7, 11) is 1.65. The van der Waals surface area contributed by atoms with Crippen molar-refractivity contribution in [1.82, 2.24) is 9.88 Å². The number of thiazole rings is 1. The molecule has 122 valence electrons. The zero-order chi connectivity index (χ0) is 16.2. The van der Waals surface area contributed by atoms with E-state index in [0.717, 1.165) is 47.9 Å². The minimum absolute atomic E-state index is 0.247. The molecule has 2 heterocycles. The van der Waals surface area contributed by atoms with Crippen LogP contribution < -0.4 is 4.74 Å². The Hall–Kier alpha value is -1.92. The van der Waals surface area contributed by atoms with E-state index in [9.17, 15) is 4.79 Å². The smallest absolute Gasteiger partial charge is 0.307 e. The lowest BCUT2D eigenvalue weighted by Gasteiger charge is -2.29. The first kappa shape index (κ1) is 16.0. The lowest BCUT2D eigenvalue weighted by molar-refractivity contribution is -0.143. The molecule has 6 heteroatoms. The number of carboxylic acids is 1. The number of hydrogen-bond donors (Lipinski definition) is 1. The van der Waals surface area contributed by atoms with Crippen LogP contribution in [0.1, 0.15) is 18.5 Å². The van der Waals surface area contributed by atoms with Gasteiger partial charge in [-0.2, -0.15) is 0 Å². The fourth-order valence-corrected chi connectivity index (χ4v) is 3.69. The maximum absolute atomic E-state index is 11.1. The number of ether oxygens (including phenoxy) is 1. The van der Waals surface area contributed by atoms with Gasteiger partial charge in [-0.25, -0.2) is 4.98 Å². The number of carboxylic acid groups (broad SMARTS) is 1. The van der Waals surface area contributed by atoms with Crippen molar-refractivity contribution in [2.45, 2.75) is 19.4 Å². The Morgan fingerprint density at radius 2 is 2.22 bits per heavy atom. The predicted molar refractivity (Wildman–Crippen MR) is 89.7 cm³/mol. The monoisotopic (exact) mass is 332 g/mol. The molecule has 1 aromatic heterocycles. The number of rotatable bonds is 5. The summed E-state index contributed by atoms with van der Waals surface area (Å²) in [6.07, 6.45) is 1.71. The summed E-state index contributed by atoms with van der Waals surface area (Å²) in [5.74, 6) is -0.103. The average Bonchev–Trinajstić information content (AvgIpc) is 3.03. The lowest BCUT2D eigenvalue weighted by Crippen LogP contribution is -2.38. The molecule has 1 aliphatic rings. The zero-order valence-electron chi connectivity index (χ0n) is 13.1. The number of hydrogen-bond acceptors (Lipinski definition) is 5. The summed E-state index contributed by atoms with van der Waals surface area (Å²) in [6.45, 7) is 2.28. The molecular weight excluding hydrogens is 312 g/mol. The summed E-state index contributed by atoms with van der Waals surface area (Å²) in [4.78, 5) is 18.0. The Labute approximate surface area is 139 Å². The Morgan fingerprint density at radius 1 is 1.43 bits per heavy atom. The van der Waals surface area contributed by atoms with Crippen LogP contribution in [0.15, 0.2) is 29.6 Å². The molecule has 1 unspecified atom stereocenters. The van der Waals surface area contributed by atoms with E-state index in [-0.39, 0.29) is 5.92 Å². The molecule has 5 nitrogen and oxygen atoms in total. The van der Waals surface area contributed by atoms with E-state index in [1.165, 1.54) is 0 Å². The molecule has 1 saturated heterocycles. The summed E-state index contributed by atoms with van der Waals surface area (Å²) < 4.78 is 5.17. The van der Waals surface area contributed by atoms with Crippen LogP contribution in [0.2, 0.25) is 0 Å². The largest absolute Gasteiger partial charge is 0.497 e. The Bertz CT molecular complexity index is 669. The maximum atomic E-state index is 11.1. The van der Waals surface area contributed by atoms with Crippen LogP contribution in [-0.4, -0.2) is 41.2 Å². The van der Waals surface area contributed by atoms with Gasteiger partial charge in [-0.15, -0.1) is 11.3 Å². The average molecular weight is 332 g/mol. The van der Waals surface area contributed by atoms with Gasteiger partial charge in [-0.05, 0) is 43.7 Å². The number of likely N-dealkylation sites (tertiary alicyclic amines) is 1. The molecule has 1 aliphatic heterocycles. The van der Waals surface area contributed by atoms with Crippen molar-refractivity contribution < 1.29 is 14.6 Å². The summed E-state index contributed by atoms with van der Waals surface area (Å²) in [5.41, 5.74) is 2.08. The van der Waals surface area contributed by atoms with E-state index in [2.05, 4.69) is 15.3 Å². The van der Waals surface area contributed by atoms with Crippen molar-refractivity contribution >= 4 is 17.3 Å². The second-order valence-electron chi connectivity index (χ2n) is 5.79. The normalized spacial score (nSPS) is 18.7. The van der Waals surface area contributed by atoms with E-state index < -0.39 is 5.97 Å². The molecule has 0 bridgehead atoms. The summed E-state index contributed by atoms with van der Waals surface area (Å²) >= 11 is 1.62. The minimum atomic E-state index is -0.688. The molecule has 1 fully saturated rings. The number of aromatic nitrogens is 1. The third kappa shape index (κ3) is 3.89. The first-order valence-corrected chi connectivity index (χ1v) is 8.57. The first-order valence-electron chi connectivity index (χ1n) is 7.69. The maximum Gasteiger partial charge on any atom is 0.307 e. The van der Waals surface area contributed by atoms with Gasteiger partial charge in [0.15, 0.2) is 0 Å². The highest BCUT2D eigenvalue weighted by Crippen LogP contribution is 2.27. The van der Waals surface area contributed by atoms with E-state index in [4.69, 9.17) is 9.84 Å². The topological polar surface area (TPSA) is 62.7 Å². The zero-order valence-corrected chi connectivity index (χ0v) is 13.9. The van der Waals surface area contributed by atoms with E-state index in [0.29, 0.717) is 6.54 Å². The highest BCUT2D eigenvalue weighted by atomic mass is 32.1. The Morgan fingerprint density at radius 3 is 2.91 bits per heavy atom. The molecule has 0 aliphatic carbocycles. The standard InChI is InChI=1S/C17H20N2O3S/c1-22-15-6-4-12(5-7-15)16-18-14(11-23-16)10-19-8-2-3-13(9-19)17(20)21/h4-7,11,13H,2-3,8-10H2,1H3,(H,20,21). The van der Waals surface area contributed by atoms with Gasteiger partial charge >= 0.3 is 5.97 Å². The third-order valence-corrected chi connectivity index (χ3v) is 5.07. The Balaban J connectivity index is 1.65. The SMILES string of the molecule is COc1ccc(-c2nc(CN3CCCC(C(=O)O)C3)cs2)cc1. The Kier molecular flexibility index (Phi) is 4.93. The van der Waals surface area contributed by atoms with Crippen molar-refractivity contribution in [1.29, 1.82) is 0 Å². The van der Waals surface area contributed by atoms with Gasteiger partial charge < -0.3 is 9.84 Å². The van der Waals surface area contributed by atoms with Crippen LogP contribution >= 0.6 is 11.3 Å². The van der Waals surface area contributed by atoms with Gasteiger partial charge in [0.05, 0.1) is 18.7 Å². The molecule has 3 rings (SSSR count). The summed E-state index contributed by atoms with van der Waals surface area (Å²) in [5, 5.41) is 12.2. The number of aliphatic carboxylic acids is 1. The summed E-state index contributed by atoms with van der Waals surface area (Å²) in [6, 6.07) is 7.86. The molecule has 0 amide bonds. The quantitative estimate of drug-likeness (QED) is 0.911. The number of benzene rings is 1. The lowest BCUT2D eigenvalue weighted by atomic mass is 9.98. The molecule has 2 aromatic rings. The van der Waals surface area contributed by atoms with Crippen LogP contribution in [-0.2, 0) is 11.3 Å². The number of piperidine rings is 1. The molecule has 23 heavy (non-hydrogen) atoms. The highest BCUT2D eigenvalue weighted by Gasteiger charge is 2.25. The van der Waals surface area contributed by atoms with Crippen molar-refractivity contribution in [2.75, 3.05) is 20.2 Å². The predicted octanol–water partition coefficient (Wildman–Crippen LogP) is 3.12. The van der Waals surface area contributed by atoms with Gasteiger partial charge in [0.2, 0.25) is 0 Å². The van der Waals surface area contributed by atoms with Gasteiger partial charge in [0.25, 0.3) is 0 Å². The molecular formula is C17H20N2O3S. The van der Waals surface area contributed by atoms with Crippen molar-refractivity contribution in [3.05, 3.63) is 35.3 Å².